The summed E-state index contributed by atoms with van der Waals surface area (Å²) >= 11 is 9.89. The van der Waals surface area contributed by atoms with Crippen LogP contribution in [0.1, 0.15) is 30.7 Å². The summed E-state index contributed by atoms with van der Waals surface area (Å²) in [7, 11) is 0. The van der Waals surface area contributed by atoms with Gasteiger partial charge < -0.3 is 24.8 Å². The molecule has 3 rings (SSSR count). The van der Waals surface area contributed by atoms with Crippen molar-refractivity contribution in [2.75, 3.05) is 19.1 Å². The molecule has 0 fully saturated rings. The van der Waals surface area contributed by atoms with Crippen LogP contribution in [0.15, 0.2) is 42.5 Å². The standard InChI is InChI=1S/C24H28ClI2N3O5/c1-24(2,15-3-6-19(7-4-15)34-13-17(32)10-25)16-5-8-22(20(26)9-16)35-14-18(33)11-30-23(27)21(12-31)28-29-30/h3-9,17-18,31-33H,10-14H2,1-2H3/t17-,18+/m1/s1/i27-4. The lowest BCUT2D eigenvalue weighted by atomic mass is 9.78. The predicted octanol–water partition coefficient (Wildman–Crippen LogP) is 3.72. The van der Waals surface area contributed by atoms with E-state index >= 15 is 0 Å². The second kappa shape index (κ2) is 12.9. The summed E-state index contributed by atoms with van der Waals surface area (Å²) in [5, 5.41) is 37.0. The van der Waals surface area contributed by atoms with Gasteiger partial charge in [0.05, 0.1) is 22.6 Å². The zero-order chi connectivity index (χ0) is 25.6. The van der Waals surface area contributed by atoms with Crippen LogP contribution in [0.4, 0.5) is 0 Å². The van der Waals surface area contributed by atoms with Gasteiger partial charge in [-0.3, -0.25) is 0 Å². The predicted molar refractivity (Wildman–Crippen MR) is 150 cm³/mol. The average Bonchev–Trinajstić information content (AvgIpc) is 3.20. The maximum absolute atomic E-state index is 10.4. The van der Waals surface area contributed by atoms with E-state index in [4.69, 9.17) is 21.1 Å². The molecule has 11 heteroatoms. The summed E-state index contributed by atoms with van der Waals surface area (Å²) in [6, 6.07) is 13.8. The Kier molecular flexibility index (Phi) is 10.4. The molecule has 0 bridgehead atoms. The van der Waals surface area contributed by atoms with E-state index in [0.29, 0.717) is 20.9 Å². The van der Waals surface area contributed by atoms with Crippen molar-refractivity contribution >= 4 is 56.8 Å². The van der Waals surface area contributed by atoms with Crippen LogP contribution in [0.5, 0.6) is 11.5 Å². The summed E-state index contributed by atoms with van der Waals surface area (Å²) in [5.74, 6) is 1.50. The van der Waals surface area contributed by atoms with E-state index in [2.05, 4.69) is 52.8 Å². The molecule has 0 spiro atoms. The van der Waals surface area contributed by atoms with E-state index in [0.717, 1.165) is 14.7 Å². The molecule has 0 aliphatic rings. The van der Waals surface area contributed by atoms with E-state index in [1.807, 2.05) is 59.0 Å². The highest BCUT2D eigenvalue weighted by Crippen LogP contribution is 2.35. The van der Waals surface area contributed by atoms with Gasteiger partial charge in [-0.2, -0.15) is 0 Å². The summed E-state index contributed by atoms with van der Waals surface area (Å²) in [4.78, 5) is 0. The first-order valence-corrected chi connectivity index (χ1v) is 13.6. The van der Waals surface area contributed by atoms with Crippen LogP contribution < -0.4 is 9.47 Å². The Morgan fingerprint density at radius 3 is 2.31 bits per heavy atom. The number of hydrogen-bond donors (Lipinski definition) is 3. The third kappa shape index (κ3) is 7.41. The number of rotatable bonds is 12. The van der Waals surface area contributed by atoms with Gasteiger partial charge in [0.15, 0.2) is 0 Å². The number of aliphatic hydroxyl groups is 3. The maximum Gasteiger partial charge on any atom is 0.132 e. The number of alkyl halides is 1. The fourth-order valence-electron chi connectivity index (χ4n) is 3.37. The Hall–Kier alpha value is -1.19. The van der Waals surface area contributed by atoms with Gasteiger partial charge in [-0.1, -0.05) is 37.3 Å². The van der Waals surface area contributed by atoms with Crippen molar-refractivity contribution in [2.24, 2.45) is 0 Å². The minimum Gasteiger partial charge on any atom is -0.491 e. The smallest absolute Gasteiger partial charge is 0.132 e. The first kappa shape index (κ1) is 28.4. The molecule has 8 nitrogen and oxygen atoms in total. The van der Waals surface area contributed by atoms with Crippen molar-refractivity contribution in [3.05, 3.63) is 66.6 Å². The van der Waals surface area contributed by atoms with E-state index in [1.165, 1.54) is 0 Å². The Labute approximate surface area is 236 Å². The molecule has 35 heavy (non-hydrogen) atoms. The van der Waals surface area contributed by atoms with Crippen LogP contribution in [0, 0.1) is 7.27 Å². The molecule has 1 aromatic heterocycles. The van der Waals surface area contributed by atoms with Gasteiger partial charge in [0.1, 0.15) is 46.3 Å². The monoisotopic (exact) mass is 723 g/mol. The van der Waals surface area contributed by atoms with Crippen LogP contribution in [-0.4, -0.2) is 61.6 Å². The number of hydrogen-bond acceptors (Lipinski definition) is 7. The molecule has 0 amide bonds. The van der Waals surface area contributed by atoms with Gasteiger partial charge in [0.25, 0.3) is 0 Å². The van der Waals surface area contributed by atoms with E-state index < -0.39 is 12.2 Å². The average molecular weight is 724 g/mol. The third-order valence-corrected chi connectivity index (χ3v) is 7.93. The van der Waals surface area contributed by atoms with E-state index in [1.54, 1.807) is 4.68 Å². The lowest BCUT2D eigenvalue weighted by Gasteiger charge is -2.27. The number of benzene rings is 2. The zero-order valence-corrected chi connectivity index (χ0v) is 24.4. The Bertz CT molecular complexity index is 1110. The van der Waals surface area contributed by atoms with Gasteiger partial charge in [-0.05, 0) is 80.6 Å². The first-order valence-electron chi connectivity index (χ1n) is 10.9. The minimum absolute atomic E-state index is 0.100. The number of ether oxygens (including phenoxy) is 2. The molecular weight excluding hydrogens is 696 g/mol. The molecule has 0 radical (unpaired) electrons. The van der Waals surface area contributed by atoms with Gasteiger partial charge in [-0.15, -0.1) is 16.7 Å². The molecule has 0 saturated carbocycles. The molecule has 2 atom stereocenters. The molecular formula is C24H28ClI2N3O5. The van der Waals surface area contributed by atoms with Gasteiger partial charge >= 0.3 is 0 Å². The van der Waals surface area contributed by atoms with Gasteiger partial charge in [-0.25, -0.2) is 4.68 Å². The second-order valence-electron chi connectivity index (χ2n) is 8.55. The van der Waals surface area contributed by atoms with Crippen LogP contribution in [0.2, 0.25) is 0 Å². The maximum atomic E-state index is 10.4. The fourth-order valence-corrected chi connectivity index (χ4v) is 4.70. The minimum atomic E-state index is -0.782. The highest BCUT2D eigenvalue weighted by molar-refractivity contribution is 14.1. The third-order valence-electron chi connectivity index (χ3n) is 5.55. The van der Waals surface area contributed by atoms with Crippen molar-refractivity contribution < 1.29 is 24.8 Å². The van der Waals surface area contributed by atoms with Gasteiger partial charge in [0.2, 0.25) is 0 Å². The SMILES string of the molecule is CC(C)(c1ccc(OC[C@H](O)CCl)cc1)c1ccc(OC[C@@H](O)Cn2nnc(CO)c2[123I])c(I)c1. The van der Waals surface area contributed by atoms with Gasteiger partial charge in [0, 0.05) is 5.41 Å². The van der Waals surface area contributed by atoms with Crippen molar-refractivity contribution in [1.29, 1.82) is 0 Å². The Morgan fingerprint density at radius 2 is 1.71 bits per heavy atom. The number of aromatic nitrogens is 3. The van der Waals surface area contributed by atoms with E-state index in [-0.39, 0.29) is 37.7 Å². The van der Waals surface area contributed by atoms with Crippen molar-refractivity contribution in [3.8, 4) is 11.5 Å². The highest BCUT2D eigenvalue weighted by atomic mass is 127. The highest BCUT2D eigenvalue weighted by Gasteiger charge is 2.24. The summed E-state index contributed by atoms with van der Waals surface area (Å²) in [5.41, 5.74) is 2.46. The number of aliphatic hydroxyl groups excluding tert-OH is 3. The summed E-state index contributed by atoms with van der Waals surface area (Å²) < 4.78 is 14.6. The number of halogens is 3. The quantitative estimate of drug-likeness (QED) is 0.193. The first-order chi connectivity index (χ1) is 16.6. The normalized spacial score (nSPS) is 13.5. The van der Waals surface area contributed by atoms with Crippen LogP contribution in [0.3, 0.4) is 0 Å². The summed E-state index contributed by atoms with van der Waals surface area (Å²) in [6.07, 6.45) is -1.47. The van der Waals surface area contributed by atoms with Crippen LogP contribution in [-0.2, 0) is 18.6 Å². The Morgan fingerprint density at radius 1 is 1.06 bits per heavy atom. The largest absolute Gasteiger partial charge is 0.491 e. The lowest BCUT2D eigenvalue weighted by Crippen LogP contribution is -2.25. The fraction of sp³-hybridized carbons (Fsp3) is 0.417. The molecule has 0 unspecified atom stereocenters. The molecule has 1 heterocycles. The topological polar surface area (TPSA) is 110 Å². The Balaban J connectivity index is 1.62. The molecule has 3 N–H and O–H groups in total. The molecule has 3 aromatic rings. The van der Waals surface area contributed by atoms with E-state index in [9.17, 15) is 15.3 Å². The van der Waals surface area contributed by atoms with Crippen molar-refractivity contribution in [3.63, 3.8) is 0 Å². The summed E-state index contributed by atoms with van der Waals surface area (Å²) in [6.45, 7) is 4.58. The molecule has 0 aliphatic carbocycles. The molecule has 2 aromatic carbocycles. The second-order valence-corrected chi connectivity index (χ2v) is 11.0. The number of nitrogens with zero attached hydrogens (tertiary/aromatic N) is 3. The van der Waals surface area contributed by atoms with Crippen LogP contribution in [0.25, 0.3) is 0 Å². The molecule has 190 valence electrons. The molecule has 0 saturated heterocycles. The van der Waals surface area contributed by atoms with Crippen molar-refractivity contribution in [1.82, 2.24) is 15.0 Å². The van der Waals surface area contributed by atoms with Crippen LogP contribution >= 0.6 is 56.8 Å². The molecule has 0 aliphatic heterocycles. The zero-order valence-electron chi connectivity index (χ0n) is 19.4. The lowest BCUT2D eigenvalue weighted by molar-refractivity contribution is 0.0877. The van der Waals surface area contributed by atoms with Crippen molar-refractivity contribution in [2.45, 2.75) is 44.6 Å².